The quantitative estimate of drug-likeness (QED) is 0.691. The second-order valence-corrected chi connectivity index (χ2v) is 5.64. The minimum atomic E-state index is -0.184. The first-order valence-corrected chi connectivity index (χ1v) is 6.33. The van der Waals surface area contributed by atoms with Gasteiger partial charge in [0.1, 0.15) is 0 Å². The van der Waals surface area contributed by atoms with Crippen molar-refractivity contribution in [3.8, 4) is 0 Å². The number of methoxy groups -OCH3 is 1. The van der Waals surface area contributed by atoms with Crippen LogP contribution in [0.2, 0.25) is 0 Å². The Kier molecular flexibility index (Phi) is 4.95. The summed E-state index contributed by atoms with van der Waals surface area (Å²) in [4.78, 5) is 13.4. The summed E-state index contributed by atoms with van der Waals surface area (Å²) in [7, 11) is 1.43. The SMILES string of the molecule is COC(=O)CN(CC1CCC(C)(C)O1)C(C)C. The van der Waals surface area contributed by atoms with Crippen molar-refractivity contribution < 1.29 is 14.3 Å². The molecule has 0 radical (unpaired) electrons. The Hall–Kier alpha value is -0.610. The summed E-state index contributed by atoms with van der Waals surface area (Å²) in [5, 5.41) is 0. The summed E-state index contributed by atoms with van der Waals surface area (Å²) >= 11 is 0. The van der Waals surface area contributed by atoms with Gasteiger partial charge in [-0.25, -0.2) is 0 Å². The molecule has 1 heterocycles. The number of carbonyl (C=O) groups excluding carboxylic acids is 1. The molecule has 4 nitrogen and oxygen atoms in total. The smallest absolute Gasteiger partial charge is 0.319 e. The van der Waals surface area contributed by atoms with Gasteiger partial charge in [-0.05, 0) is 40.5 Å². The molecule has 0 aromatic carbocycles. The molecule has 1 rings (SSSR count). The summed E-state index contributed by atoms with van der Waals surface area (Å²) in [6.07, 6.45) is 2.39. The number of nitrogens with zero attached hydrogens (tertiary/aromatic N) is 1. The molecule has 1 fully saturated rings. The number of esters is 1. The van der Waals surface area contributed by atoms with Gasteiger partial charge in [0.25, 0.3) is 0 Å². The van der Waals surface area contributed by atoms with Crippen LogP contribution in [0.15, 0.2) is 0 Å². The van der Waals surface area contributed by atoms with Gasteiger partial charge in [0, 0.05) is 12.6 Å². The first-order valence-electron chi connectivity index (χ1n) is 6.33. The van der Waals surface area contributed by atoms with E-state index in [9.17, 15) is 4.79 Å². The van der Waals surface area contributed by atoms with Crippen molar-refractivity contribution in [2.75, 3.05) is 20.2 Å². The van der Waals surface area contributed by atoms with Crippen molar-refractivity contribution in [1.29, 1.82) is 0 Å². The van der Waals surface area contributed by atoms with Gasteiger partial charge < -0.3 is 9.47 Å². The fourth-order valence-electron chi connectivity index (χ4n) is 2.16. The molecule has 4 heteroatoms. The van der Waals surface area contributed by atoms with Crippen molar-refractivity contribution in [2.24, 2.45) is 0 Å². The number of hydrogen-bond donors (Lipinski definition) is 0. The fraction of sp³-hybridized carbons (Fsp3) is 0.923. The zero-order valence-electron chi connectivity index (χ0n) is 11.7. The highest BCUT2D eigenvalue weighted by atomic mass is 16.5. The normalized spacial score (nSPS) is 23.4. The summed E-state index contributed by atoms with van der Waals surface area (Å²) in [6.45, 7) is 9.55. The van der Waals surface area contributed by atoms with E-state index in [0.29, 0.717) is 12.6 Å². The Morgan fingerprint density at radius 1 is 1.53 bits per heavy atom. The van der Waals surface area contributed by atoms with Gasteiger partial charge in [-0.3, -0.25) is 9.69 Å². The van der Waals surface area contributed by atoms with Crippen LogP contribution in [0.5, 0.6) is 0 Å². The maximum Gasteiger partial charge on any atom is 0.319 e. The van der Waals surface area contributed by atoms with E-state index in [0.717, 1.165) is 19.4 Å². The van der Waals surface area contributed by atoms with Crippen LogP contribution in [-0.2, 0) is 14.3 Å². The van der Waals surface area contributed by atoms with Gasteiger partial charge in [0.15, 0.2) is 0 Å². The Morgan fingerprint density at radius 3 is 2.59 bits per heavy atom. The van der Waals surface area contributed by atoms with Crippen LogP contribution in [0.1, 0.15) is 40.5 Å². The van der Waals surface area contributed by atoms with Crippen molar-refractivity contribution in [3.63, 3.8) is 0 Å². The summed E-state index contributed by atoms with van der Waals surface area (Å²) in [5.41, 5.74) is -0.0153. The number of hydrogen-bond acceptors (Lipinski definition) is 4. The lowest BCUT2D eigenvalue weighted by molar-refractivity contribution is -0.143. The minimum Gasteiger partial charge on any atom is -0.468 e. The van der Waals surface area contributed by atoms with E-state index in [1.807, 2.05) is 0 Å². The van der Waals surface area contributed by atoms with E-state index in [1.54, 1.807) is 0 Å². The molecule has 0 spiro atoms. The fourth-order valence-corrected chi connectivity index (χ4v) is 2.16. The van der Waals surface area contributed by atoms with Crippen LogP contribution in [0.3, 0.4) is 0 Å². The Balaban J connectivity index is 2.47. The molecule has 1 aliphatic heterocycles. The number of ether oxygens (including phenoxy) is 2. The molecule has 1 aliphatic rings. The highest BCUT2D eigenvalue weighted by Crippen LogP contribution is 2.29. The zero-order chi connectivity index (χ0) is 13.1. The highest BCUT2D eigenvalue weighted by Gasteiger charge is 2.33. The molecule has 17 heavy (non-hydrogen) atoms. The average Bonchev–Trinajstić information content (AvgIpc) is 2.56. The summed E-state index contributed by atoms with van der Waals surface area (Å²) < 4.78 is 10.7. The van der Waals surface area contributed by atoms with E-state index >= 15 is 0 Å². The molecular weight excluding hydrogens is 218 g/mol. The molecule has 0 aromatic rings. The number of rotatable bonds is 5. The molecule has 1 saturated heterocycles. The van der Waals surface area contributed by atoms with E-state index < -0.39 is 0 Å². The predicted molar refractivity (Wildman–Crippen MR) is 66.9 cm³/mol. The molecule has 1 unspecified atom stereocenters. The maximum atomic E-state index is 11.3. The molecule has 0 aliphatic carbocycles. The third-order valence-corrected chi connectivity index (χ3v) is 3.28. The second-order valence-electron chi connectivity index (χ2n) is 5.64. The topological polar surface area (TPSA) is 38.8 Å². The Bertz CT molecular complexity index is 263. The average molecular weight is 243 g/mol. The molecular formula is C13H25NO3. The van der Waals surface area contributed by atoms with Gasteiger partial charge in [0.05, 0.1) is 25.4 Å². The van der Waals surface area contributed by atoms with Crippen LogP contribution in [0.4, 0.5) is 0 Å². The molecule has 0 saturated carbocycles. The number of carbonyl (C=O) groups is 1. The van der Waals surface area contributed by atoms with Crippen LogP contribution >= 0.6 is 0 Å². The lowest BCUT2D eigenvalue weighted by Gasteiger charge is -2.29. The van der Waals surface area contributed by atoms with Gasteiger partial charge in [-0.15, -0.1) is 0 Å². The molecule has 0 amide bonds. The predicted octanol–water partition coefficient (Wildman–Crippen LogP) is 1.83. The van der Waals surface area contributed by atoms with Crippen molar-refractivity contribution in [3.05, 3.63) is 0 Å². The maximum absolute atomic E-state index is 11.3. The standard InChI is InChI=1S/C13H25NO3/c1-10(2)14(9-12(15)16-5)8-11-6-7-13(3,4)17-11/h10-11H,6-9H2,1-5H3. The molecule has 0 bridgehead atoms. The molecule has 0 N–H and O–H groups in total. The highest BCUT2D eigenvalue weighted by molar-refractivity contribution is 5.71. The third-order valence-electron chi connectivity index (χ3n) is 3.28. The van der Waals surface area contributed by atoms with Gasteiger partial charge in [-0.2, -0.15) is 0 Å². The third kappa shape index (κ3) is 4.64. The van der Waals surface area contributed by atoms with Crippen molar-refractivity contribution in [2.45, 2.75) is 58.3 Å². The van der Waals surface area contributed by atoms with Gasteiger partial charge in [-0.1, -0.05) is 0 Å². The van der Waals surface area contributed by atoms with Crippen molar-refractivity contribution in [1.82, 2.24) is 4.90 Å². The van der Waals surface area contributed by atoms with Crippen molar-refractivity contribution >= 4 is 5.97 Å². The van der Waals surface area contributed by atoms with Crippen LogP contribution in [0.25, 0.3) is 0 Å². The van der Waals surface area contributed by atoms with Crippen LogP contribution in [0, 0.1) is 0 Å². The molecule has 100 valence electrons. The summed E-state index contributed by atoms with van der Waals surface area (Å²) in [6, 6.07) is 0.321. The first kappa shape index (κ1) is 14.5. The van der Waals surface area contributed by atoms with E-state index in [4.69, 9.17) is 9.47 Å². The van der Waals surface area contributed by atoms with E-state index in [1.165, 1.54) is 7.11 Å². The lowest BCUT2D eigenvalue weighted by Crippen LogP contribution is -2.41. The second kappa shape index (κ2) is 5.83. The van der Waals surface area contributed by atoms with E-state index in [2.05, 4.69) is 32.6 Å². The minimum absolute atomic E-state index is 0.0153. The largest absolute Gasteiger partial charge is 0.468 e. The van der Waals surface area contributed by atoms with Crippen LogP contribution < -0.4 is 0 Å². The van der Waals surface area contributed by atoms with Crippen LogP contribution in [-0.4, -0.2) is 48.8 Å². The molecule has 0 aromatic heterocycles. The van der Waals surface area contributed by atoms with E-state index in [-0.39, 0.29) is 17.7 Å². The lowest BCUT2D eigenvalue weighted by atomic mass is 10.1. The van der Waals surface area contributed by atoms with Gasteiger partial charge in [0.2, 0.25) is 0 Å². The van der Waals surface area contributed by atoms with Gasteiger partial charge >= 0.3 is 5.97 Å². The monoisotopic (exact) mass is 243 g/mol. The Morgan fingerprint density at radius 2 is 2.18 bits per heavy atom. The Labute approximate surface area is 104 Å². The summed E-state index contributed by atoms with van der Waals surface area (Å²) in [5.74, 6) is -0.184. The zero-order valence-corrected chi connectivity index (χ0v) is 11.7. The first-order chi connectivity index (χ1) is 7.84. The molecule has 1 atom stereocenters.